The zero-order valence-corrected chi connectivity index (χ0v) is 15.6. The lowest BCUT2D eigenvalue weighted by Crippen LogP contribution is -2.54. The Bertz CT molecular complexity index is 734. The number of hydrazine groups is 1. The highest BCUT2D eigenvalue weighted by molar-refractivity contribution is 8.01. The number of carbonyl (C=O) groups is 3. The summed E-state index contributed by atoms with van der Waals surface area (Å²) >= 11 is 1.59. The van der Waals surface area contributed by atoms with Gasteiger partial charge in [0.05, 0.1) is 19.1 Å². The first-order valence-corrected chi connectivity index (χ1v) is 9.16. The molecule has 140 valence electrons. The van der Waals surface area contributed by atoms with Crippen molar-refractivity contribution in [1.29, 1.82) is 0 Å². The number of ether oxygens (including phenoxy) is 2. The molecule has 8 nitrogen and oxygen atoms in total. The van der Waals surface area contributed by atoms with E-state index in [-0.39, 0.29) is 16.3 Å². The average Bonchev–Trinajstić information content (AvgIpc) is 3.14. The maximum atomic E-state index is 12.5. The number of thioether (sulfide) groups is 1. The number of nitrogens with zero attached hydrogens (tertiary/aromatic N) is 1. The zero-order valence-electron chi connectivity index (χ0n) is 14.8. The minimum absolute atomic E-state index is 0.0264. The van der Waals surface area contributed by atoms with E-state index in [2.05, 4.69) is 10.9 Å². The van der Waals surface area contributed by atoms with Crippen LogP contribution in [-0.2, 0) is 9.59 Å². The molecule has 0 saturated carbocycles. The molecular weight excluding hydrogens is 358 g/mol. The van der Waals surface area contributed by atoms with Crippen molar-refractivity contribution in [3.63, 3.8) is 0 Å². The minimum Gasteiger partial charge on any atom is -0.497 e. The molecule has 2 heterocycles. The van der Waals surface area contributed by atoms with Crippen molar-refractivity contribution in [2.75, 3.05) is 20.0 Å². The molecule has 0 aliphatic carbocycles. The number of fused-ring (bicyclic) bond motifs is 1. The van der Waals surface area contributed by atoms with E-state index in [0.29, 0.717) is 23.7 Å². The summed E-state index contributed by atoms with van der Waals surface area (Å²) in [5, 5.41) is 0. The molecule has 2 aliphatic rings. The fourth-order valence-corrected chi connectivity index (χ4v) is 4.66. The lowest BCUT2D eigenvalue weighted by molar-refractivity contribution is -0.138. The first-order chi connectivity index (χ1) is 12.4. The molecule has 2 fully saturated rings. The maximum absolute atomic E-state index is 12.5. The fraction of sp³-hybridized carbons (Fsp3) is 0.471. The van der Waals surface area contributed by atoms with Gasteiger partial charge in [0.2, 0.25) is 5.91 Å². The normalized spacial score (nSPS) is 24.2. The molecule has 1 aromatic rings. The van der Waals surface area contributed by atoms with Gasteiger partial charge >= 0.3 is 0 Å². The van der Waals surface area contributed by atoms with E-state index < -0.39 is 17.9 Å². The number of rotatable bonds is 4. The summed E-state index contributed by atoms with van der Waals surface area (Å²) in [6.45, 7) is 1.97. The van der Waals surface area contributed by atoms with Crippen LogP contribution >= 0.6 is 11.8 Å². The van der Waals surface area contributed by atoms with Gasteiger partial charge in [-0.2, -0.15) is 0 Å². The van der Waals surface area contributed by atoms with E-state index >= 15 is 0 Å². The summed E-state index contributed by atoms with van der Waals surface area (Å²) in [5.74, 6) is 0.507. The van der Waals surface area contributed by atoms with E-state index in [4.69, 9.17) is 9.47 Å². The number of carbonyl (C=O) groups excluding carboxylic acids is 3. The molecule has 2 saturated heterocycles. The quantitative estimate of drug-likeness (QED) is 0.755. The molecular formula is C17H21N3O5S. The molecule has 3 amide bonds. The van der Waals surface area contributed by atoms with Crippen LogP contribution in [0.2, 0.25) is 0 Å². The number of hydrogen-bond donors (Lipinski definition) is 2. The van der Waals surface area contributed by atoms with Gasteiger partial charge in [-0.05, 0) is 25.5 Å². The summed E-state index contributed by atoms with van der Waals surface area (Å²) in [6, 6.07) is 4.14. The second-order valence-corrected chi connectivity index (χ2v) is 7.81. The molecule has 2 aliphatic heterocycles. The first kappa shape index (κ1) is 18.4. The molecule has 2 N–H and O–H groups in total. The van der Waals surface area contributed by atoms with E-state index in [1.54, 1.807) is 22.7 Å². The van der Waals surface area contributed by atoms with Crippen LogP contribution in [0.1, 0.15) is 30.1 Å². The molecule has 9 heteroatoms. The Labute approximate surface area is 155 Å². The van der Waals surface area contributed by atoms with Crippen molar-refractivity contribution in [3.05, 3.63) is 23.8 Å². The molecule has 0 unspecified atom stereocenters. The number of methoxy groups -OCH3 is 2. The smallest absolute Gasteiger partial charge is 0.269 e. The Morgan fingerprint density at radius 3 is 2.46 bits per heavy atom. The number of benzene rings is 1. The Hall–Kier alpha value is -2.42. The lowest BCUT2D eigenvalue weighted by atomic mass is 10.2. The maximum Gasteiger partial charge on any atom is 0.269 e. The third-order valence-electron chi connectivity index (χ3n) is 4.66. The van der Waals surface area contributed by atoms with Gasteiger partial charge in [0.1, 0.15) is 17.5 Å². The van der Waals surface area contributed by atoms with Crippen LogP contribution in [0.5, 0.6) is 11.5 Å². The van der Waals surface area contributed by atoms with Crippen LogP contribution in [0.3, 0.4) is 0 Å². The van der Waals surface area contributed by atoms with Gasteiger partial charge in [-0.25, -0.2) is 0 Å². The van der Waals surface area contributed by atoms with Gasteiger partial charge in [-0.1, -0.05) is 0 Å². The van der Waals surface area contributed by atoms with Gasteiger partial charge < -0.3 is 14.4 Å². The van der Waals surface area contributed by atoms with Crippen LogP contribution in [0, 0.1) is 0 Å². The molecule has 1 aromatic carbocycles. The zero-order chi connectivity index (χ0) is 18.9. The third-order valence-corrected chi connectivity index (χ3v) is 6.17. The fourth-order valence-electron chi connectivity index (χ4n) is 3.23. The van der Waals surface area contributed by atoms with Crippen LogP contribution in [0.15, 0.2) is 18.2 Å². The number of nitrogens with one attached hydrogen (secondary N) is 2. The average molecular weight is 379 g/mol. The van der Waals surface area contributed by atoms with E-state index in [1.807, 2.05) is 6.92 Å². The topological polar surface area (TPSA) is 97.0 Å². The van der Waals surface area contributed by atoms with Crippen molar-refractivity contribution in [2.24, 2.45) is 0 Å². The standard InChI is InChI=1S/C17H21N3O5S/c1-17-5-4-14(21)20(17)13(9-26-17)16(23)19-18-15(22)10-6-11(24-2)8-12(7-10)25-3/h6-8,13H,4-5,9H2,1-3H3,(H,18,22)(H,19,23)/t13-,17-/m0/s1. The highest BCUT2D eigenvalue weighted by Crippen LogP contribution is 2.47. The van der Waals surface area contributed by atoms with Crippen molar-refractivity contribution in [2.45, 2.75) is 30.7 Å². The van der Waals surface area contributed by atoms with Crippen LogP contribution in [-0.4, -0.2) is 53.5 Å². The molecule has 2 atom stereocenters. The Morgan fingerprint density at radius 2 is 1.85 bits per heavy atom. The van der Waals surface area contributed by atoms with Crippen LogP contribution < -0.4 is 20.3 Å². The molecule has 26 heavy (non-hydrogen) atoms. The third kappa shape index (κ3) is 3.31. The molecule has 0 aromatic heterocycles. The van der Waals surface area contributed by atoms with E-state index in [0.717, 1.165) is 6.42 Å². The SMILES string of the molecule is COc1cc(OC)cc(C(=O)NNC(=O)[C@@H]2CS[C@@]3(C)CCC(=O)N23)c1. The summed E-state index contributed by atoms with van der Waals surface area (Å²) in [7, 11) is 2.97. The Balaban J connectivity index is 1.65. The van der Waals surface area contributed by atoms with Gasteiger partial charge in [0.25, 0.3) is 11.8 Å². The highest BCUT2D eigenvalue weighted by atomic mass is 32.2. The van der Waals surface area contributed by atoms with E-state index in [1.165, 1.54) is 26.4 Å². The van der Waals surface area contributed by atoms with Gasteiger partial charge in [-0.15, -0.1) is 11.8 Å². The van der Waals surface area contributed by atoms with Crippen molar-refractivity contribution in [1.82, 2.24) is 15.8 Å². The largest absolute Gasteiger partial charge is 0.497 e. The summed E-state index contributed by atoms with van der Waals surface area (Å²) < 4.78 is 10.3. The lowest BCUT2D eigenvalue weighted by Gasteiger charge is -2.29. The van der Waals surface area contributed by atoms with Gasteiger partial charge in [-0.3, -0.25) is 25.2 Å². The second-order valence-electron chi connectivity index (χ2n) is 6.31. The van der Waals surface area contributed by atoms with Crippen molar-refractivity contribution < 1.29 is 23.9 Å². The summed E-state index contributed by atoms with van der Waals surface area (Å²) in [6.07, 6.45) is 1.18. The monoisotopic (exact) mass is 379 g/mol. The molecule has 0 radical (unpaired) electrons. The predicted octanol–water partition coefficient (Wildman–Crippen LogP) is 0.919. The van der Waals surface area contributed by atoms with Crippen LogP contribution in [0.4, 0.5) is 0 Å². The number of amides is 3. The molecule has 0 bridgehead atoms. The minimum atomic E-state index is -0.583. The van der Waals surface area contributed by atoms with Crippen LogP contribution in [0.25, 0.3) is 0 Å². The van der Waals surface area contributed by atoms with Crippen molar-refractivity contribution in [3.8, 4) is 11.5 Å². The first-order valence-electron chi connectivity index (χ1n) is 8.17. The summed E-state index contributed by atoms with van der Waals surface area (Å²) in [4.78, 5) is 38.2. The number of hydrogen-bond acceptors (Lipinski definition) is 6. The Morgan fingerprint density at radius 1 is 1.19 bits per heavy atom. The predicted molar refractivity (Wildman–Crippen MR) is 95.9 cm³/mol. The summed E-state index contributed by atoms with van der Waals surface area (Å²) in [5.41, 5.74) is 5.09. The molecule has 3 rings (SSSR count). The molecule has 0 spiro atoms. The van der Waals surface area contributed by atoms with E-state index in [9.17, 15) is 14.4 Å². The Kier molecular flexibility index (Phi) is 4.99. The van der Waals surface area contributed by atoms with Gasteiger partial charge in [0, 0.05) is 23.8 Å². The van der Waals surface area contributed by atoms with Gasteiger partial charge in [0.15, 0.2) is 0 Å². The highest BCUT2D eigenvalue weighted by Gasteiger charge is 2.52. The second kappa shape index (κ2) is 7.06. The van der Waals surface area contributed by atoms with Crippen molar-refractivity contribution >= 4 is 29.5 Å².